The predicted octanol–water partition coefficient (Wildman–Crippen LogP) is 4.76. The number of nitrogens with zero attached hydrogens (tertiary/aromatic N) is 1. The summed E-state index contributed by atoms with van der Waals surface area (Å²) in [5, 5.41) is 10.9. The Balaban J connectivity index is 1.52. The lowest BCUT2D eigenvalue weighted by Gasteiger charge is -2.27. The molecule has 0 saturated carbocycles. The first-order valence-electron chi connectivity index (χ1n) is 11.9. The second-order valence-corrected chi connectivity index (χ2v) is 8.94. The Labute approximate surface area is 202 Å². The summed E-state index contributed by atoms with van der Waals surface area (Å²) in [7, 11) is 0. The Kier molecular flexibility index (Phi) is 9.86. The van der Waals surface area contributed by atoms with Crippen LogP contribution in [-0.2, 0) is 27.3 Å². The van der Waals surface area contributed by atoms with Gasteiger partial charge >= 0.3 is 6.09 Å². The van der Waals surface area contributed by atoms with Gasteiger partial charge in [0.1, 0.15) is 6.61 Å². The van der Waals surface area contributed by atoms with Gasteiger partial charge in [0.25, 0.3) is 0 Å². The van der Waals surface area contributed by atoms with Crippen molar-refractivity contribution < 1.29 is 24.2 Å². The number of benzene rings is 2. The quantitative estimate of drug-likeness (QED) is 0.341. The molecule has 1 N–H and O–H groups in total. The molecule has 4 atom stereocenters. The Morgan fingerprint density at radius 2 is 1.82 bits per heavy atom. The number of imide groups is 1. The Hall–Kier alpha value is -2.96. The molecule has 0 aliphatic carbocycles. The van der Waals surface area contributed by atoms with Gasteiger partial charge in [-0.05, 0) is 42.7 Å². The first-order valence-corrected chi connectivity index (χ1v) is 11.9. The molecule has 2 aromatic carbocycles. The van der Waals surface area contributed by atoms with Crippen LogP contribution in [0.3, 0.4) is 0 Å². The molecule has 2 aromatic rings. The molecule has 182 valence electrons. The van der Waals surface area contributed by atoms with Crippen LogP contribution in [0.4, 0.5) is 4.79 Å². The fraction of sp³-hybridized carbons (Fsp3) is 0.429. The number of aliphatic hydroxyl groups excluding tert-OH is 1. The predicted molar refractivity (Wildman–Crippen MR) is 131 cm³/mol. The normalized spacial score (nSPS) is 18.2. The standard InChI is InChI=1S/C28H35NO5/c1-3-10-22(15-16-33-19-24-13-8-5-9-14-24)18-26(30)21(2)27(31)29-25(20-34-28(29)32)17-23-11-6-4-7-12-23/h3-9,11-14,21-22,25-26,30H,1,10,15-20H2,2H3/t21-,22-,25-,26+/m0/s1. The number of carbonyl (C=O) groups excluding carboxylic acids is 2. The number of rotatable bonds is 13. The lowest BCUT2D eigenvalue weighted by molar-refractivity contribution is -0.136. The van der Waals surface area contributed by atoms with Crippen LogP contribution in [0, 0.1) is 11.8 Å². The van der Waals surface area contributed by atoms with Crippen molar-refractivity contribution in [3.63, 3.8) is 0 Å². The van der Waals surface area contributed by atoms with E-state index in [1.54, 1.807) is 6.92 Å². The van der Waals surface area contributed by atoms with Crippen LogP contribution in [0.25, 0.3) is 0 Å². The molecular formula is C28H35NO5. The van der Waals surface area contributed by atoms with Gasteiger partial charge in [0.05, 0.1) is 24.7 Å². The fourth-order valence-electron chi connectivity index (χ4n) is 4.28. The molecule has 2 amide bonds. The number of ether oxygens (including phenoxy) is 2. The molecule has 34 heavy (non-hydrogen) atoms. The minimum absolute atomic E-state index is 0.129. The van der Waals surface area contributed by atoms with Crippen molar-refractivity contribution in [1.82, 2.24) is 4.90 Å². The first-order chi connectivity index (χ1) is 16.5. The van der Waals surface area contributed by atoms with Gasteiger partial charge < -0.3 is 14.6 Å². The van der Waals surface area contributed by atoms with Gasteiger partial charge in [-0.1, -0.05) is 73.7 Å². The van der Waals surface area contributed by atoms with E-state index in [0.717, 1.165) is 24.0 Å². The van der Waals surface area contributed by atoms with Crippen molar-refractivity contribution in [1.29, 1.82) is 0 Å². The summed E-state index contributed by atoms with van der Waals surface area (Å²) in [5.74, 6) is -0.987. The SMILES string of the molecule is C=CC[C@@H](CCOCc1ccccc1)C[C@@H](O)[C@H](C)C(=O)N1C(=O)OC[C@@H]1Cc1ccccc1. The number of aliphatic hydroxyl groups is 1. The van der Waals surface area contributed by atoms with E-state index >= 15 is 0 Å². The zero-order valence-corrected chi connectivity index (χ0v) is 19.8. The van der Waals surface area contributed by atoms with Crippen LogP contribution in [0.15, 0.2) is 73.3 Å². The molecule has 0 unspecified atom stereocenters. The Morgan fingerprint density at radius 1 is 1.18 bits per heavy atom. The van der Waals surface area contributed by atoms with Gasteiger partial charge in [0, 0.05) is 6.61 Å². The Morgan fingerprint density at radius 3 is 2.47 bits per heavy atom. The smallest absolute Gasteiger partial charge is 0.416 e. The summed E-state index contributed by atoms with van der Waals surface area (Å²) in [4.78, 5) is 26.7. The average Bonchev–Trinajstić information content (AvgIpc) is 3.21. The molecule has 1 fully saturated rings. The van der Waals surface area contributed by atoms with E-state index in [4.69, 9.17) is 9.47 Å². The lowest BCUT2D eigenvalue weighted by atomic mass is 9.89. The van der Waals surface area contributed by atoms with E-state index in [-0.39, 0.29) is 18.6 Å². The third-order valence-electron chi connectivity index (χ3n) is 6.34. The van der Waals surface area contributed by atoms with Crippen LogP contribution in [-0.4, -0.2) is 47.4 Å². The maximum atomic E-state index is 13.2. The topological polar surface area (TPSA) is 76.1 Å². The highest BCUT2D eigenvalue weighted by atomic mass is 16.6. The molecule has 6 heteroatoms. The highest BCUT2D eigenvalue weighted by molar-refractivity contribution is 5.95. The lowest BCUT2D eigenvalue weighted by Crippen LogP contribution is -2.46. The molecule has 1 aliphatic heterocycles. The van der Waals surface area contributed by atoms with Crippen LogP contribution in [0.1, 0.15) is 37.3 Å². The van der Waals surface area contributed by atoms with Crippen molar-refractivity contribution >= 4 is 12.0 Å². The van der Waals surface area contributed by atoms with E-state index < -0.39 is 24.0 Å². The van der Waals surface area contributed by atoms with Crippen LogP contribution >= 0.6 is 0 Å². The maximum Gasteiger partial charge on any atom is 0.416 e. The molecule has 1 saturated heterocycles. The zero-order chi connectivity index (χ0) is 24.3. The first kappa shape index (κ1) is 25.7. The van der Waals surface area contributed by atoms with Crippen molar-refractivity contribution in [2.45, 2.75) is 51.4 Å². The van der Waals surface area contributed by atoms with Gasteiger partial charge in [0.15, 0.2) is 0 Å². The second kappa shape index (κ2) is 13.1. The van der Waals surface area contributed by atoms with Gasteiger partial charge in [-0.2, -0.15) is 0 Å². The number of allylic oxidation sites excluding steroid dienone is 1. The minimum atomic E-state index is -0.877. The van der Waals surface area contributed by atoms with Crippen molar-refractivity contribution in [2.75, 3.05) is 13.2 Å². The van der Waals surface area contributed by atoms with Crippen molar-refractivity contribution in [3.8, 4) is 0 Å². The van der Waals surface area contributed by atoms with E-state index in [1.165, 1.54) is 4.90 Å². The molecule has 0 spiro atoms. The van der Waals surface area contributed by atoms with Gasteiger partial charge in [-0.25, -0.2) is 9.69 Å². The third kappa shape index (κ3) is 7.27. The van der Waals surface area contributed by atoms with E-state index in [2.05, 4.69) is 6.58 Å². The summed E-state index contributed by atoms with van der Waals surface area (Å²) in [5.41, 5.74) is 2.14. The summed E-state index contributed by atoms with van der Waals surface area (Å²) in [6.07, 6.45) is 2.74. The number of hydrogen-bond donors (Lipinski definition) is 1. The fourth-order valence-corrected chi connectivity index (χ4v) is 4.28. The summed E-state index contributed by atoms with van der Waals surface area (Å²) in [6.45, 7) is 6.77. The summed E-state index contributed by atoms with van der Waals surface area (Å²) < 4.78 is 11.0. The monoisotopic (exact) mass is 465 g/mol. The summed E-state index contributed by atoms with van der Waals surface area (Å²) in [6, 6.07) is 19.3. The van der Waals surface area contributed by atoms with Crippen molar-refractivity contribution in [2.24, 2.45) is 11.8 Å². The average molecular weight is 466 g/mol. The number of hydrogen-bond acceptors (Lipinski definition) is 5. The van der Waals surface area contributed by atoms with E-state index in [9.17, 15) is 14.7 Å². The molecule has 1 heterocycles. The van der Waals surface area contributed by atoms with Gasteiger partial charge in [0.2, 0.25) is 5.91 Å². The van der Waals surface area contributed by atoms with Gasteiger partial charge in [-0.15, -0.1) is 6.58 Å². The molecule has 0 bridgehead atoms. The molecule has 0 aromatic heterocycles. The molecule has 0 radical (unpaired) electrons. The zero-order valence-electron chi connectivity index (χ0n) is 19.8. The molecule has 1 aliphatic rings. The summed E-state index contributed by atoms with van der Waals surface area (Å²) >= 11 is 0. The largest absolute Gasteiger partial charge is 0.447 e. The number of carbonyl (C=O) groups is 2. The minimum Gasteiger partial charge on any atom is -0.447 e. The molecular weight excluding hydrogens is 430 g/mol. The number of cyclic esters (lactones) is 1. The third-order valence-corrected chi connectivity index (χ3v) is 6.34. The van der Waals surface area contributed by atoms with E-state index in [0.29, 0.717) is 26.1 Å². The van der Waals surface area contributed by atoms with Crippen LogP contribution in [0.5, 0.6) is 0 Å². The highest BCUT2D eigenvalue weighted by Crippen LogP contribution is 2.25. The van der Waals surface area contributed by atoms with E-state index in [1.807, 2.05) is 66.7 Å². The van der Waals surface area contributed by atoms with Crippen molar-refractivity contribution in [3.05, 3.63) is 84.4 Å². The molecule has 3 rings (SSSR count). The molecule has 6 nitrogen and oxygen atoms in total. The maximum absolute atomic E-state index is 13.2. The second-order valence-electron chi connectivity index (χ2n) is 8.94. The number of amides is 2. The van der Waals surface area contributed by atoms with Crippen LogP contribution in [0.2, 0.25) is 0 Å². The Bertz CT molecular complexity index is 917. The highest BCUT2D eigenvalue weighted by Gasteiger charge is 2.41. The van der Waals surface area contributed by atoms with Crippen LogP contribution < -0.4 is 0 Å². The van der Waals surface area contributed by atoms with Gasteiger partial charge in [-0.3, -0.25) is 4.79 Å².